The second-order valence-electron chi connectivity index (χ2n) is 3.44. The third-order valence-corrected chi connectivity index (χ3v) is 4.09. The van der Waals surface area contributed by atoms with E-state index in [1.54, 1.807) is 12.1 Å². The number of fused-ring (bicyclic) bond motifs is 1. The summed E-state index contributed by atoms with van der Waals surface area (Å²) in [5, 5.41) is 1.99. The second kappa shape index (κ2) is 2.96. The van der Waals surface area contributed by atoms with E-state index in [4.69, 9.17) is 5.73 Å². The van der Waals surface area contributed by atoms with Crippen molar-refractivity contribution in [3.05, 3.63) is 18.2 Å². The van der Waals surface area contributed by atoms with E-state index in [1.807, 2.05) is 0 Å². The molecule has 2 rings (SSSR count). The summed E-state index contributed by atoms with van der Waals surface area (Å²) in [6, 6.07) is 3.72. The van der Waals surface area contributed by atoms with E-state index in [1.165, 1.54) is 13.0 Å². The zero-order chi connectivity index (χ0) is 11.2. The highest BCUT2D eigenvalue weighted by Crippen LogP contribution is 2.30. The highest BCUT2D eigenvalue weighted by Gasteiger charge is 2.36. The lowest BCUT2D eigenvalue weighted by atomic mass is 10.2. The van der Waals surface area contributed by atoms with Gasteiger partial charge in [0.05, 0.1) is 16.6 Å². The molecule has 1 atom stereocenters. The minimum atomic E-state index is -3.87. The predicted molar refractivity (Wildman–Crippen MR) is 56.1 cm³/mol. The highest BCUT2D eigenvalue weighted by atomic mass is 32.2. The van der Waals surface area contributed by atoms with Gasteiger partial charge in [-0.3, -0.25) is 4.79 Å². The molecule has 0 fully saturated rings. The number of nitrogens with two attached hydrogens (primary N) is 1. The average Bonchev–Trinajstić information content (AvgIpc) is 2.17. The van der Waals surface area contributed by atoms with Gasteiger partial charge < -0.3 is 11.1 Å². The SMILES string of the molecule is CC1Nc2ccc(N)cc2S(=O)(=O)C1=O. The van der Waals surface area contributed by atoms with Gasteiger partial charge in [0.15, 0.2) is 0 Å². The van der Waals surface area contributed by atoms with E-state index in [-0.39, 0.29) is 4.90 Å². The average molecular weight is 226 g/mol. The standard InChI is InChI=1S/C9H10N2O3S/c1-5-9(12)15(13,14)8-4-6(10)2-3-7(8)11-5/h2-5,11H,10H2,1H3. The largest absolute Gasteiger partial charge is 0.399 e. The van der Waals surface area contributed by atoms with Crippen molar-refractivity contribution in [2.45, 2.75) is 17.9 Å². The fraction of sp³-hybridized carbons (Fsp3) is 0.222. The van der Waals surface area contributed by atoms with Crippen molar-refractivity contribution in [3.8, 4) is 0 Å². The van der Waals surface area contributed by atoms with Gasteiger partial charge in [0.2, 0.25) is 9.84 Å². The number of anilines is 2. The summed E-state index contributed by atoms with van der Waals surface area (Å²) < 4.78 is 23.4. The number of sulfone groups is 1. The molecule has 0 amide bonds. The van der Waals surface area contributed by atoms with Gasteiger partial charge in [0.25, 0.3) is 5.12 Å². The number of rotatable bonds is 0. The Labute approximate surface area is 87.2 Å². The molecule has 0 saturated carbocycles. The lowest BCUT2D eigenvalue weighted by molar-refractivity contribution is -0.112. The summed E-state index contributed by atoms with van der Waals surface area (Å²) in [4.78, 5) is 11.4. The number of carbonyl (C=O) groups excluding carboxylic acids is 1. The molecular formula is C9H10N2O3S. The highest BCUT2D eigenvalue weighted by molar-refractivity contribution is 8.06. The van der Waals surface area contributed by atoms with Gasteiger partial charge in [-0.25, -0.2) is 8.42 Å². The van der Waals surface area contributed by atoms with Crippen LogP contribution in [0.3, 0.4) is 0 Å². The molecule has 1 heterocycles. The molecule has 0 spiro atoms. The Kier molecular flexibility index (Phi) is 1.97. The van der Waals surface area contributed by atoms with Crippen LogP contribution in [0.1, 0.15) is 6.92 Å². The molecule has 1 unspecified atom stereocenters. The van der Waals surface area contributed by atoms with E-state index in [0.717, 1.165) is 0 Å². The molecule has 15 heavy (non-hydrogen) atoms. The third kappa shape index (κ3) is 1.37. The first-order valence-corrected chi connectivity index (χ1v) is 5.86. The minimum Gasteiger partial charge on any atom is -0.399 e. The molecule has 0 aromatic heterocycles. The van der Waals surface area contributed by atoms with Crippen LogP contribution >= 0.6 is 0 Å². The normalized spacial score (nSPS) is 23.0. The Bertz CT molecular complexity index is 536. The Morgan fingerprint density at radius 3 is 2.73 bits per heavy atom. The number of benzene rings is 1. The first kappa shape index (κ1) is 9.97. The first-order valence-electron chi connectivity index (χ1n) is 4.38. The fourth-order valence-corrected chi connectivity index (χ4v) is 2.96. The molecule has 0 radical (unpaired) electrons. The number of nitrogens with one attached hydrogen (secondary N) is 1. The van der Waals surface area contributed by atoms with Gasteiger partial charge >= 0.3 is 0 Å². The van der Waals surface area contributed by atoms with E-state index < -0.39 is 21.0 Å². The molecule has 3 N–H and O–H groups in total. The molecule has 1 aromatic rings. The number of carbonyl (C=O) groups is 1. The first-order chi connectivity index (χ1) is 6.93. The summed E-state index contributed by atoms with van der Waals surface area (Å²) in [5.74, 6) is 0. The Hall–Kier alpha value is -1.56. The summed E-state index contributed by atoms with van der Waals surface area (Å²) in [6.07, 6.45) is 0. The van der Waals surface area contributed by atoms with E-state index in [9.17, 15) is 13.2 Å². The zero-order valence-electron chi connectivity index (χ0n) is 8.02. The summed E-state index contributed by atoms with van der Waals surface area (Å²) >= 11 is 0. The van der Waals surface area contributed by atoms with Crippen LogP contribution in [0.5, 0.6) is 0 Å². The monoisotopic (exact) mass is 226 g/mol. The van der Waals surface area contributed by atoms with Crippen LogP contribution in [-0.2, 0) is 14.6 Å². The van der Waals surface area contributed by atoms with Gasteiger partial charge in [-0.1, -0.05) is 0 Å². The Morgan fingerprint density at radius 1 is 1.40 bits per heavy atom. The van der Waals surface area contributed by atoms with Gasteiger partial charge in [0.1, 0.15) is 0 Å². The Morgan fingerprint density at radius 2 is 2.07 bits per heavy atom. The summed E-state index contributed by atoms with van der Waals surface area (Å²) in [5.41, 5.74) is 6.23. The predicted octanol–water partition coefficient (Wildman–Crippen LogP) is 0.383. The van der Waals surface area contributed by atoms with Gasteiger partial charge in [-0.2, -0.15) is 0 Å². The maximum absolute atomic E-state index is 11.7. The van der Waals surface area contributed by atoms with Gasteiger partial charge in [-0.15, -0.1) is 0 Å². The van der Waals surface area contributed by atoms with Crippen molar-refractivity contribution >= 4 is 26.3 Å². The number of nitrogen functional groups attached to an aromatic ring is 1. The smallest absolute Gasteiger partial charge is 0.272 e. The van der Waals surface area contributed by atoms with Crippen molar-refractivity contribution in [3.63, 3.8) is 0 Å². The quantitative estimate of drug-likeness (QED) is 0.624. The lowest BCUT2D eigenvalue weighted by Gasteiger charge is -2.22. The molecule has 1 aromatic carbocycles. The molecule has 1 aliphatic rings. The maximum atomic E-state index is 11.7. The van der Waals surface area contributed by atoms with E-state index in [2.05, 4.69) is 5.32 Å². The topological polar surface area (TPSA) is 89.3 Å². The molecule has 0 bridgehead atoms. The number of hydrogen-bond acceptors (Lipinski definition) is 5. The van der Waals surface area contributed by atoms with Crippen LogP contribution in [0, 0.1) is 0 Å². The Balaban J connectivity index is 2.74. The third-order valence-electron chi connectivity index (χ3n) is 2.29. The van der Waals surface area contributed by atoms with Crippen LogP contribution < -0.4 is 11.1 Å². The van der Waals surface area contributed by atoms with Crippen molar-refractivity contribution in [1.82, 2.24) is 0 Å². The van der Waals surface area contributed by atoms with Crippen molar-refractivity contribution < 1.29 is 13.2 Å². The maximum Gasteiger partial charge on any atom is 0.272 e. The van der Waals surface area contributed by atoms with E-state index in [0.29, 0.717) is 11.4 Å². The van der Waals surface area contributed by atoms with Crippen LogP contribution in [-0.4, -0.2) is 19.6 Å². The minimum absolute atomic E-state index is 0.0365. The summed E-state index contributed by atoms with van der Waals surface area (Å²) in [6.45, 7) is 1.51. The van der Waals surface area contributed by atoms with Crippen molar-refractivity contribution in [2.75, 3.05) is 11.1 Å². The second-order valence-corrected chi connectivity index (χ2v) is 5.29. The van der Waals surface area contributed by atoms with Crippen LogP contribution in [0.25, 0.3) is 0 Å². The molecular weight excluding hydrogens is 216 g/mol. The fourth-order valence-electron chi connectivity index (χ4n) is 1.51. The number of hydrogen-bond donors (Lipinski definition) is 2. The van der Waals surface area contributed by atoms with Crippen molar-refractivity contribution in [1.29, 1.82) is 0 Å². The molecule has 80 valence electrons. The lowest BCUT2D eigenvalue weighted by Crippen LogP contribution is -2.37. The zero-order valence-corrected chi connectivity index (χ0v) is 8.84. The van der Waals surface area contributed by atoms with Crippen molar-refractivity contribution in [2.24, 2.45) is 0 Å². The van der Waals surface area contributed by atoms with Crippen LogP contribution in [0.4, 0.5) is 11.4 Å². The molecule has 1 aliphatic heterocycles. The van der Waals surface area contributed by atoms with Crippen LogP contribution in [0.15, 0.2) is 23.1 Å². The van der Waals surface area contributed by atoms with Crippen LogP contribution in [0.2, 0.25) is 0 Å². The molecule has 0 aliphatic carbocycles. The van der Waals surface area contributed by atoms with E-state index >= 15 is 0 Å². The molecule has 0 saturated heterocycles. The molecule has 5 nitrogen and oxygen atoms in total. The summed E-state index contributed by atoms with van der Waals surface area (Å²) in [7, 11) is -3.87. The van der Waals surface area contributed by atoms with Gasteiger partial charge in [-0.05, 0) is 25.1 Å². The molecule has 6 heteroatoms. The van der Waals surface area contributed by atoms with Gasteiger partial charge in [0, 0.05) is 5.69 Å².